The van der Waals surface area contributed by atoms with Gasteiger partial charge in [0.25, 0.3) is 0 Å². The van der Waals surface area contributed by atoms with Crippen LogP contribution in [0.2, 0.25) is 0 Å². The molecule has 5 atom stereocenters. The van der Waals surface area contributed by atoms with Gasteiger partial charge < -0.3 is 19.7 Å². The summed E-state index contributed by atoms with van der Waals surface area (Å²) in [6.07, 6.45) is 1.36. The number of rotatable bonds is 15. The highest BCUT2D eigenvalue weighted by atomic mass is 32.1. The van der Waals surface area contributed by atoms with Gasteiger partial charge in [0, 0.05) is 43.8 Å². The van der Waals surface area contributed by atoms with Crippen molar-refractivity contribution in [2.24, 2.45) is 17.8 Å². The third-order valence-corrected chi connectivity index (χ3v) is 10.9. The number of carbonyl (C=O) groups excluding carboxylic acids is 4. The van der Waals surface area contributed by atoms with Crippen molar-refractivity contribution in [3.05, 3.63) is 45.2 Å². The molecule has 0 unspecified atom stereocenters. The second kappa shape index (κ2) is 17.7. The molecule has 1 aliphatic heterocycles. The number of ether oxygens (including phenoxy) is 2. The number of thiazole rings is 1. The summed E-state index contributed by atoms with van der Waals surface area (Å²) in [5.74, 6) is -16.2. The minimum Gasteiger partial charge on any atom is -0.439 e. The topological polar surface area (TPSA) is 118 Å². The molecule has 16 heteroatoms. The molecular formula is C35H47F5N4O6S. The lowest BCUT2D eigenvalue weighted by Gasteiger charge is -2.43. The Hall–Kier alpha value is -3.66. The molecule has 1 aliphatic rings. The number of nitrogens with zero attached hydrogens (tertiary/aromatic N) is 3. The summed E-state index contributed by atoms with van der Waals surface area (Å²) in [6, 6.07) is -0.570. The molecule has 51 heavy (non-hydrogen) atoms. The first-order chi connectivity index (χ1) is 23.9. The molecule has 1 aromatic carbocycles. The molecule has 1 aromatic heterocycles. The monoisotopic (exact) mass is 746 g/mol. The fourth-order valence-corrected chi connectivity index (χ4v) is 7.06. The molecule has 1 saturated heterocycles. The van der Waals surface area contributed by atoms with Crippen LogP contribution in [0.5, 0.6) is 5.75 Å². The molecule has 1 fully saturated rings. The lowest BCUT2D eigenvalue weighted by atomic mass is 9.77. The van der Waals surface area contributed by atoms with Crippen LogP contribution in [0.4, 0.5) is 26.7 Å². The molecule has 0 spiro atoms. The van der Waals surface area contributed by atoms with Crippen LogP contribution in [0.1, 0.15) is 102 Å². The number of likely N-dealkylation sites (N-methyl/N-ethyl adjacent to an activating group) is 1. The number of alkyl carbamates (subject to hydrolysis) is 1. The van der Waals surface area contributed by atoms with Gasteiger partial charge in [-0.2, -0.15) is 8.78 Å². The van der Waals surface area contributed by atoms with Crippen LogP contribution < -0.4 is 10.1 Å². The molecule has 1 N–H and O–H groups in total. The Bertz CT molecular complexity index is 1560. The summed E-state index contributed by atoms with van der Waals surface area (Å²) in [7, 11) is 3.55. The number of carbonyl (C=O) groups is 4. The van der Waals surface area contributed by atoms with Gasteiger partial charge in [0.2, 0.25) is 40.7 Å². The summed E-state index contributed by atoms with van der Waals surface area (Å²) in [5, 5.41) is 3.66. The van der Waals surface area contributed by atoms with E-state index < -0.39 is 76.2 Å². The first-order valence-corrected chi connectivity index (χ1v) is 17.9. The summed E-state index contributed by atoms with van der Waals surface area (Å²) >= 11 is 0.821. The summed E-state index contributed by atoms with van der Waals surface area (Å²) < 4.78 is 79.4. The maximum Gasteiger partial charge on any atom is 0.407 e. The van der Waals surface area contributed by atoms with Gasteiger partial charge in [0.05, 0.1) is 5.54 Å². The summed E-state index contributed by atoms with van der Waals surface area (Å²) in [6.45, 7) is 12.2. The third-order valence-electron chi connectivity index (χ3n) is 9.92. The van der Waals surface area contributed by atoms with E-state index >= 15 is 0 Å². The van der Waals surface area contributed by atoms with Crippen LogP contribution >= 0.6 is 11.3 Å². The molecule has 0 aliphatic carbocycles. The van der Waals surface area contributed by atoms with Gasteiger partial charge in [-0.25, -0.2) is 27.7 Å². The standard InChI is InChI=1S/C35H47F5N4O6S/c1-9-19(5)20(15-24(45)35(6)13-11-12-14-43(35)7)32(46)44(8)22(18(3)4)16-23(49-34(48)41-10-2)31-42-21(17-51-31)33(47)50-30-28(39)26(37)25(36)27(38)29(30)40/h17-20,22-23H,9-16H2,1-8H3,(H,41,48)/t19-,20-,22+,23+,35-/m0/s1. The highest BCUT2D eigenvalue weighted by Gasteiger charge is 2.43. The molecule has 0 radical (unpaired) electrons. The van der Waals surface area contributed by atoms with E-state index in [4.69, 9.17) is 4.74 Å². The van der Waals surface area contributed by atoms with E-state index in [2.05, 4.69) is 19.9 Å². The average molecular weight is 747 g/mol. The van der Waals surface area contributed by atoms with Gasteiger partial charge in [-0.3, -0.25) is 14.5 Å². The van der Waals surface area contributed by atoms with E-state index in [9.17, 15) is 41.1 Å². The third kappa shape index (κ3) is 9.42. The zero-order valence-electron chi connectivity index (χ0n) is 30.2. The predicted octanol–water partition coefficient (Wildman–Crippen LogP) is 7.21. The van der Waals surface area contributed by atoms with Crippen LogP contribution in [0.3, 0.4) is 0 Å². The molecule has 2 aromatic rings. The Morgan fingerprint density at radius 1 is 1.02 bits per heavy atom. The molecule has 0 saturated carbocycles. The maximum absolute atomic E-state index is 14.3. The first kappa shape index (κ1) is 41.8. The van der Waals surface area contributed by atoms with Crippen molar-refractivity contribution in [3.8, 4) is 5.75 Å². The minimum absolute atomic E-state index is 0.00168. The van der Waals surface area contributed by atoms with Crippen LogP contribution in [-0.2, 0) is 14.3 Å². The van der Waals surface area contributed by atoms with Crippen LogP contribution in [0.25, 0.3) is 0 Å². The van der Waals surface area contributed by atoms with Crippen molar-refractivity contribution in [1.29, 1.82) is 0 Å². The zero-order valence-corrected chi connectivity index (χ0v) is 31.0. The first-order valence-electron chi connectivity index (χ1n) is 17.0. The van der Waals surface area contributed by atoms with Crippen molar-refractivity contribution in [3.63, 3.8) is 0 Å². The lowest BCUT2D eigenvalue weighted by molar-refractivity contribution is -0.144. The number of nitrogens with one attached hydrogen (secondary N) is 1. The number of likely N-dealkylation sites (tertiary alicyclic amines) is 1. The van der Waals surface area contributed by atoms with Gasteiger partial charge >= 0.3 is 12.1 Å². The van der Waals surface area contributed by atoms with Crippen molar-refractivity contribution in [2.45, 2.75) is 97.8 Å². The largest absolute Gasteiger partial charge is 0.439 e. The van der Waals surface area contributed by atoms with Crippen LogP contribution in [0, 0.1) is 46.8 Å². The van der Waals surface area contributed by atoms with E-state index in [1.54, 1.807) is 18.9 Å². The quantitative estimate of drug-likeness (QED) is 0.0668. The fraction of sp³-hybridized carbons (Fsp3) is 0.629. The number of Topliss-reactive ketones (excluding diaryl/α,β-unsaturated/α-hetero) is 1. The lowest BCUT2D eigenvalue weighted by Crippen LogP contribution is -2.54. The predicted molar refractivity (Wildman–Crippen MR) is 180 cm³/mol. The van der Waals surface area contributed by atoms with E-state index in [1.807, 2.05) is 41.7 Å². The van der Waals surface area contributed by atoms with E-state index in [0.29, 0.717) is 12.8 Å². The van der Waals surface area contributed by atoms with Crippen molar-refractivity contribution in [2.75, 3.05) is 27.2 Å². The smallest absolute Gasteiger partial charge is 0.407 e. The normalized spacial score (nSPS) is 18.9. The molecule has 2 amide bonds. The number of aromatic nitrogens is 1. The van der Waals surface area contributed by atoms with Crippen LogP contribution in [-0.4, -0.2) is 77.3 Å². The Labute approximate surface area is 299 Å². The highest BCUT2D eigenvalue weighted by molar-refractivity contribution is 7.09. The maximum atomic E-state index is 14.3. The average Bonchev–Trinajstić information content (AvgIpc) is 3.60. The molecule has 0 bridgehead atoms. The SMILES string of the molecule is CCNC(=O)O[C@H](C[C@H](C(C)C)N(C)C(=O)[C@@H](CC(=O)[C@]1(C)CCCCN1C)[C@@H](C)CC)c1nc(C(=O)Oc2c(F)c(F)c(F)c(F)c2F)cs1. The number of hydrogen-bond acceptors (Lipinski definition) is 9. The number of amides is 2. The Balaban J connectivity index is 1.91. The molecule has 3 rings (SSSR count). The number of esters is 1. The number of piperidine rings is 1. The van der Waals surface area contributed by atoms with Gasteiger partial charge in [-0.1, -0.05) is 34.1 Å². The van der Waals surface area contributed by atoms with Gasteiger partial charge in [-0.15, -0.1) is 11.3 Å². The minimum atomic E-state index is -2.41. The fourth-order valence-electron chi connectivity index (χ4n) is 6.23. The van der Waals surface area contributed by atoms with Crippen molar-refractivity contribution in [1.82, 2.24) is 20.1 Å². The highest BCUT2D eigenvalue weighted by Crippen LogP contribution is 2.35. The van der Waals surface area contributed by atoms with Crippen molar-refractivity contribution >= 4 is 35.1 Å². The number of hydrogen-bond donors (Lipinski definition) is 1. The van der Waals surface area contributed by atoms with Gasteiger partial charge in [0.15, 0.2) is 17.6 Å². The van der Waals surface area contributed by atoms with Gasteiger partial charge in [0.1, 0.15) is 5.01 Å². The second-order valence-corrected chi connectivity index (χ2v) is 14.4. The number of benzene rings is 1. The second-order valence-electron chi connectivity index (χ2n) is 13.6. The Morgan fingerprint density at radius 2 is 1.63 bits per heavy atom. The molecule has 10 nitrogen and oxygen atoms in total. The number of halogens is 5. The molecule has 284 valence electrons. The van der Waals surface area contributed by atoms with E-state index in [0.717, 1.165) is 36.1 Å². The molecule has 2 heterocycles. The van der Waals surface area contributed by atoms with E-state index in [-0.39, 0.29) is 47.9 Å². The van der Waals surface area contributed by atoms with E-state index in [1.165, 1.54) is 0 Å². The van der Waals surface area contributed by atoms with Gasteiger partial charge in [-0.05, 0) is 58.5 Å². The molecular weight excluding hydrogens is 699 g/mol. The summed E-state index contributed by atoms with van der Waals surface area (Å²) in [5.41, 5.74) is -1.22. The Morgan fingerprint density at radius 3 is 2.18 bits per heavy atom. The zero-order chi connectivity index (χ0) is 38.4. The number of ketones is 1. The Kier molecular flexibility index (Phi) is 14.5. The van der Waals surface area contributed by atoms with Crippen molar-refractivity contribution < 1.29 is 50.6 Å². The van der Waals surface area contributed by atoms with Crippen LogP contribution in [0.15, 0.2) is 5.38 Å². The summed E-state index contributed by atoms with van der Waals surface area (Å²) in [4.78, 5) is 61.2.